The van der Waals surface area contributed by atoms with Gasteiger partial charge in [0.05, 0.1) is 5.69 Å². The van der Waals surface area contributed by atoms with Gasteiger partial charge in [0.1, 0.15) is 0 Å². The second-order valence-electron chi connectivity index (χ2n) is 6.76. The van der Waals surface area contributed by atoms with Crippen LogP contribution in [0.4, 0.5) is 5.69 Å². The van der Waals surface area contributed by atoms with Crippen LogP contribution in [0, 0.1) is 5.41 Å². The van der Waals surface area contributed by atoms with E-state index in [4.69, 9.17) is 0 Å². The van der Waals surface area contributed by atoms with Gasteiger partial charge in [-0.2, -0.15) is 0 Å². The molecular weight excluding hydrogens is 324 g/mol. The van der Waals surface area contributed by atoms with Crippen molar-refractivity contribution in [3.05, 3.63) is 28.2 Å². The number of nitrogens with zero attached hydrogens (tertiary/aromatic N) is 1. The molecule has 3 heteroatoms. The Kier molecular flexibility index (Phi) is 4.90. The first kappa shape index (κ1) is 15.4. The highest BCUT2D eigenvalue weighted by Gasteiger charge is 2.37. The number of nitrogens with one attached hydrogen (secondary N) is 1. The molecule has 0 unspecified atom stereocenters. The first-order valence-corrected chi connectivity index (χ1v) is 9.26. The third-order valence-corrected chi connectivity index (χ3v) is 6.06. The van der Waals surface area contributed by atoms with Crippen LogP contribution in [0.25, 0.3) is 0 Å². The Morgan fingerprint density at radius 2 is 1.86 bits per heavy atom. The highest BCUT2D eigenvalue weighted by atomic mass is 79.9. The summed E-state index contributed by atoms with van der Waals surface area (Å²) < 4.78 is 1.25. The van der Waals surface area contributed by atoms with E-state index in [9.17, 15) is 0 Å². The number of rotatable bonds is 4. The molecule has 1 spiro atoms. The molecule has 0 atom stereocenters. The molecule has 0 amide bonds. The average molecular weight is 351 g/mol. The van der Waals surface area contributed by atoms with Gasteiger partial charge in [-0.15, -0.1) is 0 Å². The molecule has 2 aliphatic rings. The SMILES string of the molecule is CCNCc1ccc(N2CCC3(CCCC3)CC2)c(Br)c1. The van der Waals surface area contributed by atoms with Gasteiger partial charge in [0.2, 0.25) is 0 Å². The lowest BCUT2D eigenvalue weighted by molar-refractivity contribution is 0.226. The Labute approximate surface area is 137 Å². The van der Waals surface area contributed by atoms with Crippen molar-refractivity contribution in [1.82, 2.24) is 5.32 Å². The fourth-order valence-corrected chi connectivity index (χ4v) is 4.71. The molecular formula is C18H27BrN2. The summed E-state index contributed by atoms with van der Waals surface area (Å²) in [5, 5.41) is 3.39. The van der Waals surface area contributed by atoms with Crippen LogP contribution in [-0.4, -0.2) is 19.6 Å². The zero-order chi connectivity index (χ0) is 14.7. The molecule has 1 N–H and O–H groups in total. The maximum absolute atomic E-state index is 3.78. The molecule has 1 heterocycles. The number of hydrogen-bond acceptors (Lipinski definition) is 2. The first-order valence-electron chi connectivity index (χ1n) is 8.47. The number of hydrogen-bond donors (Lipinski definition) is 1. The van der Waals surface area contributed by atoms with E-state index in [1.54, 1.807) is 0 Å². The normalized spacial score (nSPS) is 21.1. The Morgan fingerprint density at radius 1 is 1.14 bits per heavy atom. The molecule has 1 aromatic carbocycles. The van der Waals surface area contributed by atoms with E-state index < -0.39 is 0 Å². The second kappa shape index (κ2) is 6.70. The van der Waals surface area contributed by atoms with Crippen LogP contribution in [0.2, 0.25) is 0 Å². The molecule has 0 radical (unpaired) electrons. The fraction of sp³-hybridized carbons (Fsp3) is 0.667. The van der Waals surface area contributed by atoms with E-state index in [1.807, 2.05) is 0 Å². The largest absolute Gasteiger partial charge is 0.371 e. The highest BCUT2D eigenvalue weighted by molar-refractivity contribution is 9.10. The molecule has 116 valence electrons. The van der Waals surface area contributed by atoms with E-state index in [-0.39, 0.29) is 0 Å². The molecule has 0 bridgehead atoms. The predicted octanol–water partition coefficient (Wildman–Crippen LogP) is 4.72. The van der Waals surface area contributed by atoms with Gasteiger partial charge in [0, 0.05) is 24.1 Å². The van der Waals surface area contributed by atoms with Gasteiger partial charge < -0.3 is 10.2 Å². The molecule has 2 nitrogen and oxygen atoms in total. The van der Waals surface area contributed by atoms with Crippen molar-refractivity contribution in [2.75, 3.05) is 24.5 Å². The Morgan fingerprint density at radius 3 is 2.48 bits per heavy atom. The van der Waals surface area contributed by atoms with Gasteiger partial charge in [-0.25, -0.2) is 0 Å². The Balaban J connectivity index is 1.64. The van der Waals surface area contributed by atoms with Crippen molar-refractivity contribution < 1.29 is 0 Å². The van der Waals surface area contributed by atoms with Gasteiger partial charge in [-0.05, 0) is 71.3 Å². The van der Waals surface area contributed by atoms with Gasteiger partial charge >= 0.3 is 0 Å². The molecule has 21 heavy (non-hydrogen) atoms. The lowest BCUT2D eigenvalue weighted by atomic mass is 9.77. The summed E-state index contributed by atoms with van der Waals surface area (Å²) in [4.78, 5) is 2.57. The molecule has 2 fully saturated rings. The van der Waals surface area contributed by atoms with E-state index in [0.717, 1.165) is 13.1 Å². The summed E-state index contributed by atoms with van der Waals surface area (Å²) in [6, 6.07) is 6.84. The second-order valence-corrected chi connectivity index (χ2v) is 7.61. The van der Waals surface area contributed by atoms with Crippen molar-refractivity contribution in [3.8, 4) is 0 Å². The van der Waals surface area contributed by atoms with Crippen LogP contribution in [0.1, 0.15) is 51.0 Å². The maximum Gasteiger partial charge on any atom is 0.0510 e. The van der Waals surface area contributed by atoms with Crippen molar-refractivity contribution >= 4 is 21.6 Å². The zero-order valence-electron chi connectivity index (χ0n) is 13.1. The van der Waals surface area contributed by atoms with Crippen molar-refractivity contribution in [3.63, 3.8) is 0 Å². The van der Waals surface area contributed by atoms with Crippen LogP contribution in [0.5, 0.6) is 0 Å². The van der Waals surface area contributed by atoms with Gasteiger partial charge in [-0.1, -0.05) is 25.8 Å². The Hall–Kier alpha value is -0.540. The van der Waals surface area contributed by atoms with Crippen LogP contribution in [0.3, 0.4) is 0 Å². The third-order valence-electron chi connectivity index (χ3n) is 5.42. The van der Waals surface area contributed by atoms with Crippen molar-refractivity contribution in [1.29, 1.82) is 0 Å². The van der Waals surface area contributed by atoms with Crippen LogP contribution in [0.15, 0.2) is 22.7 Å². The molecule has 1 saturated carbocycles. The van der Waals surface area contributed by atoms with Crippen molar-refractivity contribution in [2.24, 2.45) is 5.41 Å². The topological polar surface area (TPSA) is 15.3 Å². The third kappa shape index (κ3) is 3.45. The lowest BCUT2D eigenvalue weighted by Crippen LogP contribution is -2.39. The zero-order valence-corrected chi connectivity index (χ0v) is 14.7. The minimum Gasteiger partial charge on any atom is -0.371 e. The summed E-state index contributed by atoms with van der Waals surface area (Å²) in [7, 11) is 0. The molecule has 0 aromatic heterocycles. The number of anilines is 1. The number of piperidine rings is 1. The van der Waals surface area contributed by atoms with Crippen LogP contribution in [-0.2, 0) is 6.54 Å². The fourth-order valence-electron chi connectivity index (χ4n) is 4.03. The molecule has 1 saturated heterocycles. The molecule has 1 aliphatic heterocycles. The molecule has 1 aliphatic carbocycles. The predicted molar refractivity (Wildman–Crippen MR) is 93.9 cm³/mol. The summed E-state index contributed by atoms with van der Waals surface area (Å²) >= 11 is 3.78. The van der Waals surface area contributed by atoms with E-state index in [0.29, 0.717) is 5.41 Å². The van der Waals surface area contributed by atoms with Gasteiger partial charge in [0.15, 0.2) is 0 Å². The number of halogens is 1. The van der Waals surface area contributed by atoms with E-state index >= 15 is 0 Å². The standard InChI is InChI=1S/C18H27BrN2/c1-2-20-14-15-5-6-17(16(19)13-15)21-11-9-18(10-12-21)7-3-4-8-18/h5-6,13,20H,2-4,7-12,14H2,1H3. The summed E-state index contributed by atoms with van der Waals surface area (Å²) in [6.07, 6.45) is 8.65. The Bertz CT molecular complexity index is 470. The minimum absolute atomic E-state index is 0.702. The smallest absolute Gasteiger partial charge is 0.0510 e. The summed E-state index contributed by atoms with van der Waals surface area (Å²) in [5.74, 6) is 0. The highest BCUT2D eigenvalue weighted by Crippen LogP contribution is 2.47. The van der Waals surface area contributed by atoms with Gasteiger partial charge in [-0.3, -0.25) is 0 Å². The van der Waals surface area contributed by atoms with Crippen LogP contribution < -0.4 is 10.2 Å². The monoisotopic (exact) mass is 350 g/mol. The summed E-state index contributed by atoms with van der Waals surface area (Å²) in [6.45, 7) is 6.58. The average Bonchev–Trinajstić information content (AvgIpc) is 2.95. The molecule has 1 aromatic rings. The molecule has 3 rings (SSSR count). The van der Waals surface area contributed by atoms with Crippen molar-refractivity contribution in [2.45, 2.75) is 52.0 Å². The minimum atomic E-state index is 0.702. The van der Waals surface area contributed by atoms with Crippen LogP contribution >= 0.6 is 15.9 Å². The first-order chi connectivity index (χ1) is 10.2. The number of benzene rings is 1. The summed E-state index contributed by atoms with van der Waals surface area (Å²) in [5.41, 5.74) is 3.44. The maximum atomic E-state index is 3.78. The van der Waals surface area contributed by atoms with E-state index in [2.05, 4.69) is 51.3 Å². The van der Waals surface area contributed by atoms with Gasteiger partial charge in [0.25, 0.3) is 0 Å². The van der Waals surface area contributed by atoms with E-state index in [1.165, 1.54) is 67.3 Å². The lowest BCUT2D eigenvalue weighted by Gasteiger charge is -2.40. The quantitative estimate of drug-likeness (QED) is 0.844.